The van der Waals surface area contributed by atoms with Gasteiger partial charge < -0.3 is 10.1 Å². The zero-order chi connectivity index (χ0) is 15.1. The van der Waals surface area contributed by atoms with Gasteiger partial charge in [-0.05, 0) is 12.1 Å². The highest BCUT2D eigenvalue weighted by Crippen LogP contribution is 2.24. The standard InChI is InChI=1S/C11H11ClF2N2O4/c12-8-2-1-7(5-9(8)16(18)19)11(17)15-3-4-20-6-10(13)14/h1-2,5,10H,3-4,6H2,(H,15,17). The molecule has 0 spiro atoms. The summed E-state index contributed by atoms with van der Waals surface area (Å²) in [6.45, 7) is -0.768. The van der Waals surface area contributed by atoms with Gasteiger partial charge in [-0.25, -0.2) is 8.78 Å². The molecule has 0 aromatic heterocycles. The summed E-state index contributed by atoms with van der Waals surface area (Å²) in [5, 5.41) is 13.0. The van der Waals surface area contributed by atoms with Crippen LogP contribution in [-0.4, -0.2) is 37.0 Å². The van der Waals surface area contributed by atoms with Gasteiger partial charge in [-0.1, -0.05) is 11.6 Å². The van der Waals surface area contributed by atoms with Gasteiger partial charge in [-0.3, -0.25) is 14.9 Å². The van der Waals surface area contributed by atoms with Crippen molar-refractivity contribution in [3.63, 3.8) is 0 Å². The first-order valence-corrected chi connectivity index (χ1v) is 5.87. The molecule has 1 rings (SSSR count). The van der Waals surface area contributed by atoms with Gasteiger partial charge in [0.05, 0.1) is 11.5 Å². The summed E-state index contributed by atoms with van der Waals surface area (Å²) in [6.07, 6.45) is -2.57. The number of ether oxygens (including phenoxy) is 1. The second kappa shape index (κ2) is 7.71. The summed E-state index contributed by atoms with van der Waals surface area (Å²) < 4.78 is 28.1. The minimum absolute atomic E-state index is 0.0159. The highest BCUT2D eigenvalue weighted by molar-refractivity contribution is 6.32. The molecule has 0 radical (unpaired) electrons. The van der Waals surface area contributed by atoms with Crippen LogP contribution >= 0.6 is 11.6 Å². The fourth-order valence-electron chi connectivity index (χ4n) is 1.31. The van der Waals surface area contributed by atoms with Crippen LogP contribution in [0.5, 0.6) is 0 Å². The van der Waals surface area contributed by atoms with Crippen molar-refractivity contribution < 1.29 is 23.2 Å². The molecule has 0 aliphatic heterocycles. The molecule has 6 nitrogen and oxygen atoms in total. The molecule has 20 heavy (non-hydrogen) atoms. The Kier molecular flexibility index (Phi) is 6.26. The number of carbonyl (C=O) groups is 1. The monoisotopic (exact) mass is 308 g/mol. The largest absolute Gasteiger partial charge is 0.374 e. The minimum atomic E-state index is -2.57. The lowest BCUT2D eigenvalue weighted by Gasteiger charge is -2.06. The normalized spacial score (nSPS) is 10.6. The molecular formula is C11H11ClF2N2O4. The zero-order valence-electron chi connectivity index (χ0n) is 10.1. The Morgan fingerprint density at radius 1 is 1.50 bits per heavy atom. The topological polar surface area (TPSA) is 81.5 Å². The van der Waals surface area contributed by atoms with E-state index in [0.717, 1.165) is 6.07 Å². The molecule has 0 aliphatic carbocycles. The maximum absolute atomic E-state index is 11.8. The average molecular weight is 309 g/mol. The van der Waals surface area contributed by atoms with Crippen LogP contribution in [0.15, 0.2) is 18.2 Å². The number of carbonyl (C=O) groups excluding carboxylic acids is 1. The lowest BCUT2D eigenvalue weighted by atomic mass is 10.2. The highest BCUT2D eigenvalue weighted by atomic mass is 35.5. The number of rotatable bonds is 7. The fraction of sp³-hybridized carbons (Fsp3) is 0.364. The Hall–Kier alpha value is -1.80. The van der Waals surface area contributed by atoms with E-state index < -0.39 is 23.9 Å². The summed E-state index contributed by atoms with van der Waals surface area (Å²) in [5.74, 6) is -0.578. The average Bonchev–Trinajstić information content (AvgIpc) is 2.37. The van der Waals surface area contributed by atoms with Gasteiger partial charge in [0.15, 0.2) is 0 Å². The predicted octanol–water partition coefficient (Wildman–Crippen LogP) is 2.26. The van der Waals surface area contributed by atoms with Gasteiger partial charge in [0.25, 0.3) is 18.0 Å². The van der Waals surface area contributed by atoms with Crippen LogP contribution in [-0.2, 0) is 4.74 Å². The third kappa shape index (κ3) is 5.06. The van der Waals surface area contributed by atoms with Crippen molar-refractivity contribution >= 4 is 23.2 Å². The number of hydrogen-bond donors (Lipinski definition) is 1. The maximum Gasteiger partial charge on any atom is 0.288 e. The van der Waals surface area contributed by atoms with Gasteiger partial charge in [0, 0.05) is 18.2 Å². The van der Waals surface area contributed by atoms with Crippen LogP contribution in [0.3, 0.4) is 0 Å². The lowest BCUT2D eigenvalue weighted by molar-refractivity contribution is -0.384. The smallest absolute Gasteiger partial charge is 0.288 e. The first-order valence-electron chi connectivity index (χ1n) is 5.50. The summed E-state index contributed by atoms with van der Waals surface area (Å²) in [6, 6.07) is 3.60. The molecule has 1 amide bonds. The highest BCUT2D eigenvalue weighted by Gasteiger charge is 2.16. The molecule has 110 valence electrons. The molecule has 0 saturated carbocycles. The fourth-order valence-corrected chi connectivity index (χ4v) is 1.49. The van der Waals surface area contributed by atoms with E-state index >= 15 is 0 Å². The Bertz CT molecular complexity index is 499. The molecule has 0 atom stereocenters. The third-order valence-electron chi connectivity index (χ3n) is 2.18. The van der Waals surface area contributed by atoms with Crippen LogP contribution in [0.1, 0.15) is 10.4 Å². The number of nitro groups is 1. The number of nitro benzene ring substituents is 1. The molecule has 1 N–H and O–H groups in total. The Labute approximate surface area is 117 Å². The van der Waals surface area contributed by atoms with Crippen LogP contribution in [0.2, 0.25) is 5.02 Å². The van der Waals surface area contributed by atoms with Crippen LogP contribution in [0, 0.1) is 10.1 Å². The van der Waals surface area contributed by atoms with Crippen molar-refractivity contribution in [3.8, 4) is 0 Å². The molecule has 1 aromatic carbocycles. The quantitative estimate of drug-likeness (QED) is 0.476. The molecular weight excluding hydrogens is 298 g/mol. The molecule has 9 heteroatoms. The van der Waals surface area contributed by atoms with E-state index in [1.807, 2.05) is 0 Å². The minimum Gasteiger partial charge on any atom is -0.374 e. The van der Waals surface area contributed by atoms with Crippen LogP contribution < -0.4 is 5.32 Å². The van der Waals surface area contributed by atoms with Crippen molar-refractivity contribution in [1.29, 1.82) is 0 Å². The Morgan fingerprint density at radius 2 is 2.20 bits per heavy atom. The van der Waals surface area contributed by atoms with E-state index in [1.165, 1.54) is 12.1 Å². The number of nitrogens with one attached hydrogen (secondary N) is 1. The van der Waals surface area contributed by atoms with Gasteiger partial charge >= 0.3 is 0 Å². The molecule has 0 saturated heterocycles. The maximum atomic E-state index is 11.8. The van der Waals surface area contributed by atoms with E-state index in [9.17, 15) is 23.7 Å². The molecule has 0 fully saturated rings. The Morgan fingerprint density at radius 3 is 2.80 bits per heavy atom. The van der Waals surface area contributed by atoms with Crippen LogP contribution in [0.25, 0.3) is 0 Å². The van der Waals surface area contributed by atoms with Gasteiger partial charge in [0.2, 0.25) is 0 Å². The van der Waals surface area contributed by atoms with Gasteiger partial charge in [-0.15, -0.1) is 0 Å². The van der Waals surface area contributed by atoms with E-state index in [-0.39, 0.29) is 29.4 Å². The number of alkyl halides is 2. The molecule has 0 unspecified atom stereocenters. The predicted molar refractivity (Wildman–Crippen MR) is 67.3 cm³/mol. The van der Waals surface area contributed by atoms with Gasteiger partial charge in [-0.2, -0.15) is 0 Å². The lowest BCUT2D eigenvalue weighted by Crippen LogP contribution is -2.27. The Balaban J connectivity index is 2.51. The first kappa shape index (κ1) is 16.3. The van der Waals surface area contributed by atoms with E-state index in [4.69, 9.17) is 11.6 Å². The second-order valence-electron chi connectivity index (χ2n) is 3.65. The number of amides is 1. The van der Waals surface area contributed by atoms with Crippen molar-refractivity contribution in [1.82, 2.24) is 5.32 Å². The second-order valence-corrected chi connectivity index (χ2v) is 4.05. The summed E-state index contributed by atoms with van der Waals surface area (Å²) in [5.41, 5.74) is -0.330. The number of halogens is 3. The van der Waals surface area contributed by atoms with Crippen molar-refractivity contribution in [2.75, 3.05) is 19.8 Å². The van der Waals surface area contributed by atoms with Crippen LogP contribution in [0.4, 0.5) is 14.5 Å². The van der Waals surface area contributed by atoms with E-state index in [0.29, 0.717) is 0 Å². The summed E-state index contributed by atoms with van der Waals surface area (Å²) >= 11 is 5.61. The van der Waals surface area contributed by atoms with Crippen molar-refractivity contribution in [2.24, 2.45) is 0 Å². The SMILES string of the molecule is O=C(NCCOCC(F)F)c1ccc(Cl)c([N+](=O)[O-])c1. The molecule has 0 heterocycles. The van der Waals surface area contributed by atoms with E-state index in [1.54, 1.807) is 0 Å². The summed E-state index contributed by atoms with van der Waals surface area (Å²) in [4.78, 5) is 21.6. The van der Waals surface area contributed by atoms with Crippen molar-refractivity contribution in [2.45, 2.75) is 6.43 Å². The molecule has 0 bridgehead atoms. The van der Waals surface area contributed by atoms with E-state index in [2.05, 4.69) is 10.1 Å². The van der Waals surface area contributed by atoms with Gasteiger partial charge in [0.1, 0.15) is 11.6 Å². The molecule has 1 aromatic rings. The molecule has 0 aliphatic rings. The zero-order valence-corrected chi connectivity index (χ0v) is 10.9. The number of nitrogens with zero attached hydrogens (tertiary/aromatic N) is 1. The number of benzene rings is 1. The van der Waals surface area contributed by atoms with Crippen molar-refractivity contribution in [3.05, 3.63) is 38.9 Å². The third-order valence-corrected chi connectivity index (χ3v) is 2.50. The first-order chi connectivity index (χ1) is 9.41. The number of hydrogen-bond acceptors (Lipinski definition) is 4. The summed E-state index contributed by atoms with van der Waals surface area (Å²) in [7, 11) is 0.